The minimum atomic E-state index is -0.928. The summed E-state index contributed by atoms with van der Waals surface area (Å²) >= 11 is 0. The highest BCUT2D eigenvalue weighted by atomic mass is 16.4. The maximum Gasteiger partial charge on any atom is 0.335 e. The van der Waals surface area contributed by atoms with Crippen LogP contribution in [0, 0.1) is 0 Å². The van der Waals surface area contributed by atoms with Gasteiger partial charge in [-0.25, -0.2) is 9.78 Å². The summed E-state index contributed by atoms with van der Waals surface area (Å²) in [7, 11) is 3.94. The van der Waals surface area contributed by atoms with Crippen LogP contribution in [0.5, 0.6) is 0 Å². The van der Waals surface area contributed by atoms with Gasteiger partial charge in [-0.1, -0.05) is 6.08 Å². The van der Waals surface area contributed by atoms with Crippen molar-refractivity contribution in [3.05, 3.63) is 42.2 Å². The molecular formula is C14H17N3O2. The molecule has 2 aromatic rings. The fraction of sp³-hybridized carbons (Fsp3) is 0.286. The van der Waals surface area contributed by atoms with Gasteiger partial charge in [0.25, 0.3) is 0 Å². The number of benzene rings is 1. The summed E-state index contributed by atoms with van der Waals surface area (Å²) in [5.41, 5.74) is 1.91. The summed E-state index contributed by atoms with van der Waals surface area (Å²) in [5, 5.41) is 9.06. The number of carbonyl (C=O) groups is 1. The molecule has 1 N–H and O–H groups in total. The Morgan fingerprint density at radius 1 is 1.53 bits per heavy atom. The van der Waals surface area contributed by atoms with E-state index in [2.05, 4.69) is 11.6 Å². The zero-order valence-electron chi connectivity index (χ0n) is 11.1. The summed E-state index contributed by atoms with van der Waals surface area (Å²) in [6.07, 6.45) is 1.79. The lowest BCUT2D eigenvalue weighted by Crippen LogP contribution is -2.15. The highest BCUT2D eigenvalue weighted by Gasteiger charge is 2.12. The van der Waals surface area contributed by atoms with Crippen LogP contribution in [-0.2, 0) is 13.1 Å². The molecule has 0 aliphatic rings. The maximum absolute atomic E-state index is 11.0. The molecule has 0 aliphatic heterocycles. The van der Waals surface area contributed by atoms with Crippen molar-refractivity contribution in [1.29, 1.82) is 0 Å². The number of carboxylic acid groups (broad SMARTS) is 1. The molecule has 0 spiro atoms. The van der Waals surface area contributed by atoms with Crippen molar-refractivity contribution < 1.29 is 9.90 Å². The maximum atomic E-state index is 11.0. The van der Waals surface area contributed by atoms with E-state index in [1.165, 1.54) is 0 Å². The first kappa shape index (κ1) is 13.3. The standard InChI is InChI=1S/C14H17N3O2/c1-4-7-17-12-8-10(14(18)19)5-6-11(12)15-13(17)9-16(2)3/h4-6,8H,1,7,9H2,2-3H3,(H,18,19). The molecule has 0 radical (unpaired) electrons. The van der Waals surface area contributed by atoms with Crippen LogP contribution in [-0.4, -0.2) is 39.6 Å². The number of fused-ring (bicyclic) bond motifs is 1. The number of aromatic nitrogens is 2. The van der Waals surface area contributed by atoms with Gasteiger partial charge >= 0.3 is 5.97 Å². The lowest BCUT2D eigenvalue weighted by atomic mass is 10.2. The molecule has 0 unspecified atom stereocenters. The molecule has 0 amide bonds. The molecule has 5 heteroatoms. The minimum Gasteiger partial charge on any atom is -0.478 e. The third-order valence-corrected chi connectivity index (χ3v) is 2.84. The average molecular weight is 259 g/mol. The van der Waals surface area contributed by atoms with Crippen LogP contribution in [0.2, 0.25) is 0 Å². The van der Waals surface area contributed by atoms with Crippen molar-refractivity contribution in [2.24, 2.45) is 0 Å². The van der Waals surface area contributed by atoms with Gasteiger partial charge in [-0.2, -0.15) is 0 Å². The number of nitrogens with zero attached hydrogens (tertiary/aromatic N) is 3. The second kappa shape index (κ2) is 5.24. The summed E-state index contributed by atoms with van der Waals surface area (Å²) in [5.74, 6) is -0.0233. The molecule has 5 nitrogen and oxygen atoms in total. The molecule has 1 heterocycles. The van der Waals surface area contributed by atoms with Crippen molar-refractivity contribution in [3.63, 3.8) is 0 Å². The van der Waals surface area contributed by atoms with Crippen LogP contribution < -0.4 is 0 Å². The molecular weight excluding hydrogens is 242 g/mol. The fourth-order valence-electron chi connectivity index (χ4n) is 2.04. The summed E-state index contributed by atoms with van der Waals surface area (Å²) in [4.78, 5) is 17.6. The van der Waals surface area contributed by atoms with Crippen molar-refractivity contribution in [1.82, 2.24) is 14.5 Å². The zero-order valence-corrected chi connectivity index (χ0v) is 11.1. The van der Waals surface area contributed by atoms with Crippen LogP contribution in [0.3, 0.4) is 0 Å². The molecule has 0 saturated heterocycles. The molecule has 0 atom stereocenters. The van der Waals surface area contributed by atoms with E-state index < -0.39 is 5.97 Å². The lowest BCUT2D eigenvalue weighted by molar-refractivity contribution is 0.0697. The smallest absolute Gasteiger partial charge is 0.335 e. The topological polar surface area (TPSA) is 58.4 Å². The monoisotopic (exact) mass is 259 g/mol. The third-order valence-electron chi connectivity index (χ3n) is 2.84. The van der Waals surface area contributed by atoms with Gasteiger partial charge < -0.3 is 14.6 Å². The molecule has 1 aromatic carbocycles. The fourth-order valence-corrected chi connectivity index (χ4v) is 2.04. The average Bonchev–Trinajstić information content (AvgIpc) is 2.66. The molecule has 100 valence electrons. The van der Waals surface area contributed by atoms with E-state index >= 15 is 0 Å². The second-order valence-corrected chi connectivity index (χ2v) is 4.67. The summed E-state index contributed by atoms with van der Waals surface area (Å²) in [6, 6.07) is 4.99. The highest BCUT2D eigenvalue weighted by molar-refractivity contribution is 5.92. The number of allylic oxidation sites excluding steroid dienone is 1. The Labute approximate surface area is 111 Å². The predicted octanol–water partition coefficient (Wildman–Crippen LogP) is 1.98. The van der Waals surface area contributed by atoms with Gasteiger partial charge in [-0.15, -0.1) is 6.58 Å². The van der Waals surface area contributed by atoms with Crippen LogP contribution in [0.1, 0.15) is 16.2 Å². The zero-order chi connectivity index (χ0) is 14.0. The third kappa shape index (κ3) is 2.66. The van der Waals surface area contributed by atoms with Crippen LogP contribution >= 0.6 is 0 Å². The summed E-state index contributed by atoms with van der Waals surface area (Å²) in [6.45, 7) is 5.05. The first-order valence-corrected chi connectivity index (χ1v) is 6.01. The number of aromatic carboxylic acids is 1. The Morgan fingerprint density at radius 3 is 2.84 bits per heavy atom. The number of hydrogen-bond donors (Lipinski definition) is 1. The molecule has 2 rings (SSSR count). The number of hydrogen-bond acceptors (Lipinski definition) is 3. The van der Waals surface area contributed by atoms with E-state index in [9.17, 15) is 4.79 Å². The van der Waals surface area contributed by atoms with Gasteiger partial charge in [0, 0.05) is 6.54 Å². The SMILES string of the molecule is C=CCn1c(CN(C)C)nc2ccc(C(=O)O)cc21. The molecule has 19 heavy (non-hydrogen) atoms. The molecule has 0 aliphatic carbocycles. The highest BCUT2D eigenvalue weighted by Crippen LogP contribution is 2.19. The van der Waals surface area contributed by atoms with E-state index in [-0.39, 0.29) is 5.56 Å². The molecule has 0 fully saturated rings. The van der Waals surface area contributed by atoms with Crippen LogP contribution in [0.25, 0.3) is 11.0 Å². The summed E-state index contributed by atoms with van der Waals surface area (Å²) < 4.78 is 1.99. The van der Waals surface area contributed by atoms with E-state index in [1.54, 1.807) is 24.3 Å². The molecule has 0 bridgehead atoms. The van der Waals surface area contributed by atoms with Crippen LogP contribution in [0.4, 0.5) is 0 Å². The van der Waals surface area contributed by atoms with Gasteiger partial charge in [0.15, 0.2) is 0 Å². The van der Waals surface area contributed by atoms with Crippen LogP contribution in [0.15, 0.2) is 30.9 Å². The van der Waals surface area contributed by atoms with E-state index in [1.807, 2.05) is 23.6 Å². The van der Waals surface area contributed by atoms with Gasteiger partial charge in [-0.05, 0) is 32.3 Å². The van der Waals surface area contributed by atoms with Crippen molar-refractivity contribution in [2.45, 2.75) is 13.1 Å². The minimum absolute atomic E-state index is 0.272. The predicted molar refractivity (Wildman–Crippen MR) is 74.3 cm³/mol. The van der Waals surface area contributed by atoms with Gasteiger partial charge in [0.2, 0.25) is 0 Å². The quantitative estimate of drug-likeness (QED) is 0.834. The Kier molecular flexibility index (Phi) is 3.66. The lowest BCUT2D eigenvalue weighted by Gasteiger charge is -2.11. The van der Waals surface area contributed by atoms with E-state index in [0.29, 0.717) is 13.1 Å². The van der Waals surface area contributed by atoms with Gasteiger partial charge in [0.1, 0.15) is 5.82 Å². The number of carboxylic acids is 1. The Morgan fingerprint density at radius 2 is 2.26 bits per heavy atom. The second-order valence-electron chi connectivity index (χ2n) is 4.67. The van der Waals surface area contributed by atoms with Crippen molar-refractivity contribution in [2.75, 3.05) is 14.1 Å². The van der Waals surface area contributed by atoms with Gasteiger partial charge in [0.05, 0.1) is 23.1 Å². The first-order chi connectivity index (χ1) is 9.02. The van der Waals surface area contributed by atoms with Crippen molar-refractivity contribution >= 4 is 17.0 Å². The Balaban J connectivity index is 2.60. The Hall–Kier alpha value is -2.14. The number of imidazole rings is 1. The number of rotatable bonds is 5. The van der Waals surface area contributed by atoms with E-state index in [0.717, 1.165) is 16.9 Å². The largest absolute Gasteiger partial charge is 0.478 e. The van der Waals surface area contributed by atoms with Gasteiger partial charge in [-0.3, -0.25) is 0 Å². The first-order valence-electron chi connectivity index (χ1n) is 6.01. The Bertz CT molecular complexity index is 629. The molecule has 1 aromatic heterocycles. The van der Waals surface area contributed by atoms with E-state index in [4.69, 9.17) is 5.11 Å². The normalized spacial score (nSPS) is 11.1. The van der Waals surface area contributed by atoms with Crippen molar-refractivity contribution in [3.8, 4) is 0 Å². The molecule has 0 saturated carbocycles.